The SMILES string of the molecule is CCN(CCCCC(=O)NN)c1ccc(F)cc1. The Hall–Kier alpha value is -1.62. The van der Waals surface area contributed by atoms with Gasteiger partial charge in [-0.15, -0.1) is 0 Å². The molecule has 0 atom stereocenters. The Kier molecular flexibility index (Phi) is 6.14. The number of hydrogen-bond acceptors (Lipinski definition) is 3. The molecule has 3 N–H and O–H groups in total. The lowest BCUT2D eigenvalue weighted by Gasteiger charge is -2.23. The lowest BCUT2D eigenvalue weighted by atomic mass is 10.2. The van der Waals surface area contributed by atoms with Crippen molar-refractivity contribution in [3.63, 3.8) is 0 Å². The summed E-state index contributed by atoms with van der Waals surface area (Å²) in [6.45, 7) is 3.75. The van der Waals surface area contributed by atoms with E-state index in [0.29, 0.717) is 6.42 Å². The van der Waals surface area contributed by atoms with Gasteiger partial charge in [0.15, 0.2) is 0 Å². The highest BCUT2D eigenvalue weighted by atomic mass is 19.1. The summed E-state index contributed by atoms with van der Waals surface area (Å²) in [6.07, 6.45) is 2.14. The summed E-state index contributed by atoms with van der Waals surface area (Å²) in [5.74, 6) is 4.63. The predicted molar refractivity (Wildman–Crippen MR) is 70.5 cm³/mol. The second-order valence-electron chi connectivity index (χ2n) is 4.08. The highest BCUT2D eigenvalue weighted by Crippen LogP contribution is 2.15. The molecular formula is C13H20FN3O. The van der Waals surface area contributed by atoms with Crippen LogP contribution in [0.25, 0.3) is 0 Å². The zero-order valence-electron chi connectivity index (χ0n) is 10.7. The Morgan fingerprint density at radius 3 is 2.56 bits per heavy atom. The number of anilines is 1. The number of hydrazine groups is 1. The van der Waals surface area contributed by atoms with Crippen LogP contribution in [-0.2, 0) is 4.79 Å². The standard InChI is InChI=1S/C13H20FN3O/c1-2-17(10-4-3-5-13(18)16-15)12-8-6-11(14)7-9-12/h6-9H,2-5,10,15H2,1H3,(H,16,18). The third-order valence-corrected chi connectivity index (χ3v) is 2.82. The van der Waals surface area contributed by atoms with Crippen LogP contribution < -0.4 is 16.2 Å². The molecule has 1 rings (SSSR count). The first-order chi connectivity index (χ1) is 8.67. The first kappa shape index (κ1) is 14.4. The van der Waals surface area contributed by atoms with Gasteiger partial charge in [0.25, 0.3) is 0 Å². The Labute approximate surface area is 107 Å². The minimum atomic E-state index is -0.227. The Bertz CT molecular complexity index is 367. The second-order valence-corrected chi connectivity index (χ2v) is 4.08. The van der Waals surface area contributed by atoms with Gasteiger partial charge in [-0.1, -0.05) is 0 Å². The summed E-state index contributed by atoms with van der Waals surface area (Å²) < 4.78 is 12.8. The number of unbranched alkanes of at least 4 members (excludes halogenated alkanes) is 1. The molecule has 1 aromatic carbocycles. The number of halogens is 1. The number of nitrogens with two attached hydrogens (primary N) is 1. The monoisotopic (exact) mass is 253 g/mol. The molecule has 0 saturated heterocycles. The summed E-state index contributed by atoms with van der Waals surface area (Å²) in [6, 6.07) is 6.45. The van der Waals surface area contributed by atoms with Gasteiger partial charge in [-0.25, -0.2) is 10.2 Å². The zero-order valence-corrected chi connectivity index (χ0v) is 10.7. The molecule has 0 heterocycles. The summed E-state index contributed by atoms with van der Waals surface area (Å²) >= 11 is 0. The Morgan fingerprint density at radius 1 is 1.33 bits per heavy atom. The van der Waals surface area contributed by atoms with E-state index in [0.717, 1.165) is 31.6 Å². The highest BCUT2D eigenvalue weighted by Gasteiger charge is 2.05. The maximum absolute atomic E-state index is 12.8. The third-order valence-electron chi connectivity index (χ3n) is 2.82. The van der Waals surface area contributed by atoms with E-state index in [-0.39, 0.29) is 11.7 Å². The van der Waals surface area contributed by atoms with E-state index in [9.17, 15) is 9.18 Å². The Balaban J connectivity index is 2.38. The van der Waals surface area contributed by atoms with Gasteiger partial charge in [-0.3, -0.25) is 10.2 Å². The minimum Gasteiger partial charge on any atom is -0.372 e. The lowest BCUT2D eigenvalue weighted by Crippen LogP contribution is -2.30. The first-order valence-electron chi connectivity index (χ1n) is 6.17. The molecule has 5 heteroatoms. The van der Waals surface area contributed by atoms with Gasteiger partial charge in [0.2, 0.25) is 5.91 Å². The molecule has 0 radical (unpaired) electrons. The summed E-state index contributed by atoms with van der Waals surface area (Å²) in [5.41, 5.74) is 3.11. The number of benzene rings is 1. The molecule has 0 fully saturated rings. The van der Waals surface area contributed by atoms with Crippen LogP contribution in [0.4, 0.5) is 10.1 Å². The number of nitrogens with one attached hydrogen (secondary N) is 1. The van der Waals surface area contributed by atoms with Gasteiger partial charge in [-0.05, 0) is 44.0 Å². The van der Waals surface area contributed by atoms with Gasteiger partial charge in [0.1, 0.15) is 5.82 Å². The van der Waals surface area contributed by atoms with Crippen LogP contribution in [0.3, 0.4) is 0 Å². The fourth-order valence-electron chi connectivity index (χ4n) is 1.78. The average Bonchev–Trinajstić information content (AvgIpc) is 2.40. The van der Waals surface area contributed by atoms with E-state index >= 15 is 0 Å². The fourth-order valence-corrected chi connectivity index (χ4v) is 1.78. The van der Waals surface area contributed by atoms with Crippen molar-refractivity contribution >= 4 is 11.6 Å². The molecule has 0 aliphatic rings. The van der Waals surface area contributed by atoms with Crippen molar-refractivity contribution in [1.29, 1.82) is 0 Å². The lowest BCUT2D eigenvalue weighted by molar-refractivity contribution is -0.121. The quantitative estimate of drug-likeness (QED) is 0.337. The van der Waals surface area contributed by atoms with Gasteiger partial charge in [-0.2, -0.15) is 0 Å². The number of carbonyl (C=O) groups is 1. The van der Waals surface area contributed by atoms with Crippen LogP contribution in [0, 0.1) is 5.82 Å². The largest absolute Gasteiger partial charge is 0.372 e. The molecule has 4 nitrogen and oxygen atoms in total. The molecule has 0 aromatic heterocycles. The van der Waals surface area contributed by atoms with E-state index in [1.54, 1.807) is 12.1 Å². The predicted octanol–water partition coefficient (Wildman–Crippen LogP) is 1.81. The third kappa shape index (κ3) is 4.71. The van der Waals surface area contributed by atoms with E-state index in [4.69, 9.17) is 5.84 Å². The van der Waals surface area contributed by atoms with Crippen molar-refractivity contribution in [1.82, 2.24) is 5.43 Å². The van der Waals surface area contributed by atoms with Gasteiger partial charge >= 0.3 is 0 Å². The topological polar surface area (TPSA) is 58.4 Å². The number of carbonyl (C=O) groups excluding carboxylic acids is 1. The smallest absolute Gasteiger partial charge is 0.233 e. The van der Waals surface area contributed by atoms with Crippen molar-refractivity contribution in [2.24, 2.45) is 5.84 Å². The fraction of sp³-hybridized carbons (Fsp3) is 0.462. The van der Waals surface area contributed by atoms with Gasteiger partial charge in [0.05, 0.1) is 0 Å². The van der Waals surface area contributed by atoms with Crippen LogP contribution in [0.15, 0.2) is 24.3 Å². The van der Waals surface area contributed by atoms with E-state index in [1.165, 1.54) is 12.1 Å². The molecule has 0 saturated carbocycles. The van der Waals surface area contributed by atoms with E-state index in [1.807, 2.05) is 0 Å². The van der Waals surface area contributed by atoms with Crippen LogP contribution in [0.2, 0.25) is 0 Å². The molecule has 1 amide bonds. The normalized spacial score (nSPS) is 10.2. The van der Waals surface area contributed by atoms with Crippen molar-refractivity contribution in [2.75, 3.05) is 18.0 Å². The van der Waals surface area contributed by atoms with E-state index in [2.05, 4.69) is 17.2 Å². The van der Waals surface area contributed by atoms with Crippen molar-refractivity contribution in [3.8, 4) is 0 Å². The molecule has 1 aromatic rings. The second kappa shape index (κ2) is 7.66. The molecule has 18 heavy (non-hydrogen) atoms. The van der Waals surface area contributed by atoms with Crippen LogP contribution >= 0.6 is 0 Å². The number of nitrogens with zero attached hydrogens (tertiary/aromatic N) is 1. The molecule has 0 unspecified atom stereocenters. The van der Waals surface area contributed by atoms with Crippen LogP contribution in [0.5, 0.6) is 0 Å². The van der Waals surface area contributed by atoms with Crippen molar-refractivity contribution in [3.05, 3.63) is 30.1 Å². The number of rotatable bonds is 7. The van der Waals surface area contributed by atoms with Gasteiger partial charge in [0, 0.05) is 25.2 Å². The maximum atomic E-state index is 12.8. The highest BCUT2D eigenvalue weighted by molar-refractivity contribution is 5.75. The molecule has 0 bridgehead atoms. The number of amides is 1. The van der Waals surface area contributed by atoms with Crippen LogP contribution in [-0.4, -0.2) is 19.0 Å². The first-order valence-corrected chi connectivity index (χ1v) is 6.17. The maximum Gasteiger partial charge on any atom is 0.233 e. The molecule has 0 aliphatic heterocycles. The van der Waals surface area contributed by atoms with Crippen molar-refractivity contribution in [2.45, 2.75) is 26.2 Å². The molecular weight excluding hydrogens is 233 g/mol. The molecule has 100 valence electrons. The molecule has 0 spiro atoms. The summed E-state index contributed by atoms with van der Waals surface area (Å²) in [5, 5.41) is 0. The summed E-state index contributed by atoms with van der Waals surface area (Å²) in [4.78, 5) is 13.1. The molecule has 0 aliphatic carbocycles. The number of hydrogen-bond donors (Lipinski definition) is 2. The van der Waals surface area contributed by atoms with Crippen molar-refractivity contribution < 1.29 is 9.18 Å². The van der Waals surface area contributed by atoms with E-state index < -0.39 is 0 Å². The minimum absolute atomic E-state index is 0.139. The van der Waals surface area contributed by atoms with Crippen LogP contribution in [0.1, 0.15) is 26.2 Å². The summed E-state index contributed by atoms with van der Waals surface area (Å²) in [7, 11) is 0. The average molecular weight is 253 g/mol. The zero-order chi connectivity index (χ0) is 13.4. The van der Waals surface area contributed by atoms with Gasteiger partial charge < -0.3 is 4.90 Å². The Morgan fingerprint density at radius 2 is 2.00 bits per heavy atom.